The van der Waals surface area contributed by atoms with Crippen LogP contribution >= 0.6 is 0 Å². The molecule has 0 aliphatic rings. The van der Waals surface area contributed by atoms with Crippen LogP contribution in [0.3, 0.4) is 0 Å². The minimum absolute atomic E-state index is 0.186. The van der Waals surface area contributed by atoms with Gasteiger partial charge in [-0.3, -0.25) is 0 Å². The van der Waals surface area contributed by atoms with Crippen molar-refractivity contribution in [3.05, 3.63) is 29.6 Å². The van der Waals surface area contributed by atoms with Gasteiger partial charge in [0, 0.05) is 20.1 Å². The van der Waals surface area contributed by atoms with E-state index in [0.717, 1.165) is 18.5 Å². The summed E-state index contributed by atoms with van der Waals surface area (Å²) in [5.41, 5.74) is 7.14. The van der Waals surface area contributed by atoms with Crippen LogP contribution in [0.4, 0.5) is 10.1 Å². The highest BCUT2D eigenvalue weighted by Crippen LogP contribution is 2.24. The van der Waals surface area contributed by atoms with Gasteiger partial charge in [-0.15, -0.1) is 0 Å². The van der Waals surface area contributed by atoms with Crippen LogP contribution in [0, 0.1) is 11.7 Å². The zero-order chi connectivity index (χ0) is 12.1. The zero-order valence-electron chi connectivity index (χ0n) is 10.3. The second kappa shape index (κ2) is 5.85. The van der Waals surface area contributed by atoms with Crippen LogP contribution in [-0.4, -0.2) is 13.6 Å². The fraction of sp³-hybridized carbons (Fsp3) is 0.538. The average molecular weight is 224 g/mol. The van der Waals surface area contributed by atoms with E-state index in [-0.39, 0.29) is 5.82 Å². The van der Waals surface area contributed by atoms with E-state index in [0.29, 0.717) is 18.2 Å². The van der Waals surface area contributed by atoms with Crippen LogP contribution in [0.25, 0.3) is 0 Å². The predicted octanol–water partition coefficient (Wildman–Crippen LogP) is 2.77. The minimum Gasteiger partial charge on any atom is -0.372 e. The van der Waals surface area contributed by atoms with E-state index in [1.165, 1.54) is 6.07 Å². The predicted molar refractivity (Wildman–Crippen MR) is 67.0 cm³/mol. The standard InChI is InChI=1S/C13H21FN2/c1-4-10(2)9-16(3)13-11(8-15)6-5-7-12(13)14/h5-7,10H,4,8-9,15H2,1-3H3. The fourth-order valence-corrected chi connectivity index (χ4v) is 1.84. The molecular formula is C13H21FN2. The maximum absolute atomic E-state index is 13.7. The monoisotopic (exact) mass is 224 g/mol. The fourth-order valence-electron chi connectivity index (χ4n) is 1.84. The molecule has 0 aromatic heterocycles. The van der Waals surface area contributed by atoms with Gasteiger partial charge in [-0.05, 0) is 17.5 Å². The van der Waals surface area contributed by atoms with Crippen molar-refractivity contribution in [3.8, 4) is 0 Å². The first-order chi connectivity index (χ1) is 7.60. The van der Waals surface area contributed by atoms with Crippen LogP contribution in [0.5, 0.6) is 0 Å². The van der Waals surface area contributed by atoms with E-state index >= 15 is 0 Å². The molecule has 1 aromatic carbocycles. The molecule has 1 rings (SSSR count). The summed E-state index contributed by atoms with van der Waals surface area (Å²) in [5.74, 6) is 0.365. The first-order valence-corrected chi connectivity index (χ1v) is 5.78. The number of para-hydroxylation sites is 1. The maximum Gasteiger partial charge on any atom is 0.146 e. The summed E-state index contributed by atoms with van der Waals surface area (Å²) in [6.45, 7) is 5.53. The van der Waals surface area contributed by atoms with Gasteiger partial charge in [0.2, 0.25) is 0 Å². The lowest BCUT2D eigenvalue weighted by atomic mass is 10.1. The Kier molecular flexibility index (Phi) is 4.74. The van der Waals surface area contributed by atoms with Crippen LogP contribution in [0.2, 0.25) is 0 Å². The largest absolute Gasteiger partial charge is 0.372 e. The van der Waals surface area contributed by atoms with Gasteiger partial charge in [-0.2, -0.15) is 0 Å². The average Bonchev–Trinajstić information content (AvgIpc) is 2.28. The number of nitrogens with zero attached hydrogens (tertiary/aromatic N) is 1. The molecule has 0 spiro atoms. The Labute approximate surface area is 97.3 Å². The number of anilines is 1. The molecule has 0 aliphatic heterocycles. The third-order valence-corrected chi connectivity index (χ3v) is 2.95. The Hall–Kier alpha value is -1.09. The quantitative estimate of drug-likeness (QED) is 0.833. The number of rotatable bonds is 5. The van der Waals surface area contributed by atoms with Gasteiger partial charge >= 0.3 is 0 Å². The Morgan fingerprint density at radius 3 is 2.69 bits per heavy atom. The molecular weight excluding hydrogens is 203 g/mol. The molecule has 3 heteroatoms. The minimum atomic E-state index is -0.186. The third-order valence-electron chi connectivity index (χ3n) is 2.95. The molecule has 0 radical (unpaired) electrons. The molecule has 0 saturated carbocycles. The van der Waals surface area contributed by atoms with Crippen molar-refractivity contribution in [1.29, 1.82) is 0 Å². The second-order valence-corrected chi connectivity index (χ2v) is 4.35. The third kappa shape index (κ3) is 2.95. The molecule has 0 saturated heterocycles. The summed E-state index contributed by atoms with van der Waals surface area (Å²) >= 11 is 0. The van der Waals surface area contributed by atoms with Crippen LogP contribution in [0.15, 0.2) is 18.2 Å². The van der Waals surface area contributed by atoms with Crippen molar-refractivity contribution >= 4 is 5.69 Å². The summed E-state index contributed by atoms with van der Waals surface area (Å²) in [7, 11) is 1.92. The normalized spacial score (nSPS) is 12.6. The molecule has 16 heavy (non-hydrogen) atoms. The molecule has 0 amide bonds. The molecule has 0 fully saturated rings. The molecule has 1 atom stereocenters. The highest BCUT2D eigenvalue weighted by atomic mass is 19.1. The van der Waals surface area contributed by atoms with Gasteiger partial charge < -0.3 is 10.6 Å². The van der Waals surface area contributed by atoms with Crippen molar-refractivity contribution in [1.82, 2.24) is 0 Å². The number of nitrogens with two attached hydrogens (primary N) is 1. The maximum atomic E-state index is 13.7. The number of hydrogen-bond donors (Lipinski definition) is 1. The molecule has 2 nitrogen and oxygen atoms in total. The number of hydrogen-bond acceptors (Lipinski definition) is 2. The van der Waals surface area contributed by atoms with Crippen molar-refractivity contribution in [2.24, 2.45) is 11.7 Å². The van der Waals surface area contributed by atoms with Gasteiger partial charge in [0.25, 0.3) is 0 Å². The summed E-state index contributed by atoms with van der Waals surface area (Å²) in [4.78, 5) is 1.96. The Balaban J connectivity index is 2.93. The van der Waals surface area contributed by atoms with Gasteiger partial charge in [0.15, 0.2) is 0 Å². The van der Waals surface area contributed by atoms with Gasteiger partial charge in [-0.25, -0.2) is 4.39 Å². The summed E-state index contributed by atoms with van der Waals surface area (Å²) in [6, 6.07) is 5.07. The molecule has 0 bridgehead atoms. The first-order valence-electron chi connectivity index (χ1n) is 5.78. The van der Waals surface area contributed by atoms with Crippen LogP contribution in [0.1, 0.15) is 25.8 Å². The van der Waals surface area contributed by atoms with Gasteiger partial charge in [0.1, 0.15) is 5.82 Å². The Bertz CT molecular complexity index is 339. The van der Waals surface area contributed by atoms with Crippen molar-refractivity contribution in [3.63, 3.8) is 0 Å². The second-order valence-electron chi connectivity index (χ2n) is 4.35. The lowest BCUT2D eigenvalue weighted by molar-refractivity contribution is 0.549. The van der Waals surface area contributed by atoms with E-state index in [9.17, 15) is 4.39 Å². The van der Waals surface area contributed by atoms with Crippen molar-refractivity contribution in [2.75, 3.05) is 18.5 Å². The SMILES string of the molecule is CCC(C)CN(C)c1c(F)cccc1CN. The smallest absolute Gasteiger partial charge is 0.146 e. The number of halogens is 1. The highest BCUT2D eigenvalue weighted by Gasteiger charge is 2.13. The van der Waals surface area contributed by atoms with E-state index < -0.39 is 0 Å². The first kappa shape index (κ1) is 13.0. The topological polar surface area (TPSA) is 29.3 Å². The number of benzene rings is 1. The molecule has 0 heterocycles. The summed E-state index contributed by atoms with van der Waals surface area (Å²) < 4.78 is 13.7. The van der Waals surface area contributed by atoms with Crippen LogP contribution < -0.4 is 10.6 Å². The molecule has 2 N–H and O–H groups in total. The Morgan fingerprint density at radius 2 is 2.12 bits per heavy atom. The van der Waals surface area contributed by atoms with E-state index in [1.807, 2.05) is 18.0 Å². The zero-order valence-corrected chi connectivity index (χ0v) is 10.3. The van der Waals surface area contributed by atoms with Crippen molar-refractivity contribution in [2.45, 2.75) is 26.8 Å². The lowest BCUT2D eigenvalue weighted by Crippen LogP contribution is -2.26. The molecule has 1 unspecified atom stereocenters. The van der Waals surface area contributed by atoms with E-state index in [4.69, 9.17) is 5.73 Å². The van der Waals surface area contributed by atoms with Crippen molar-refractivity contribution < 1.29 is 4.39 Å². The highest BCUT2D eigenvalue weighted by molar-refractivity contribution is 5.54. The van der Waals surface area contributed by atoms with E-state index in [1.54, 1.807) is 6.07 Å². The lowest BCUT2D eigenvalue weighted by Gasteiger charge is -2.25. The summed E-state index contributed by atoms with van der Waals surface area (Å²) in [6.07, 6.45) is 1.09. The van der Waals surface area contributed by atoms with Crippen LogP contribution in [-0.2, 0) is 6.54 Å². The molecule has 90 valence electrons. The molecule has 1 aromatic rings. The Morgan fingerprint density at radius 1 is 1.44 bits per heavy atom. The summed E-state index contributed by atoms with van der Waals surface area (Å²) in [5, 5.41) is 0. The molecule has 0 aliphatic carbocycles. The van der Waals surface area contributed by atoms with E-state index in [2.05, 4.69) is 13.8 Å². The van der Waals surface area contributed by atoms with Gasteiger partial charge in [-0.1, -0.05) is 32.4 Å². The van der Waals surface area contributed by atoms with Gasteiger partial charge in [0.05, 0.1) is 5.69 Å².